The smallest absolute Gasteiger partial charge is 0.00127 e. The molecule has 0 atom stereocenters. The van der Waals surface area contributed by atoms with E-state index in [9.17, 15) is 0 Å². The summed E-state index contributed by atoms with van der Waals surface area (Å²) in [6.45, 7) is 6.15. The van der Waals surface area contributed by atoms with Gasteiger partial charge in [-0.3, -0.25) is 0 Å². The first-order chi connectivity index (χ1) is 7.18. The van der Waals surface area contributed by atoms with Crippen LogP contribution in [0.4, 0.5) is 0 Å². The third-order valence-electron chi connectivity index (χ3n) is 3.23. The summed E-state index contributed by atoms with van der Waals surface area (Å²) in [5.74, 6) is 0.917. The first-order valence-electron chi connectivity index (χ1n) is 6.22. The lowest BCUT2D eigenvalue weighted by Crippen LogP contribution is -2.35. The second-order valence-corrected chi connectivity index (χ2v) is 5.11. The highest BCUT2D eigenvalue weighted by atomic mass is 15.1. The van der Waals surface area contributed by atoms with Crippen molar-refractivity contribution in [2.75, 3.05) is 53.9 Å². The summed E-state index contributed by atoms with van der Waals surface area (Å²) in [5, 5.41) is 3.58. The maximum absolute atomic E-state index is 3.58. The van der Waals surface area contributed by atoms with Crippen LogP contribution in [-0.2, 0) is 0 Å². The first-order valence-corrected chi connectivity index (χ1v) is 6.22. The van der Waals surface area contributed by atoms with Gasteiger partial charge in [-0.15, -0.1) is 0 Å². The van der Waals surface area contributed by atoms with Crippen LogP contribution >= 0.6 is 0 Å². The number of hydrogen-bond donors (Lipinski definition) is 1. The zero-order chi connectivity index (χ0) is 11.1. The van der Waals surface area contributed by atoms with E-state index in [1.54, 1.807) is 0 Å². The second kappa shape index (κ2) is 7.20. The summed E-state index contributed by atoms with van der Waals surface area (Å²) >= 11 is 0. The van der Waals surface area contributed by atoms with Crippen molar-refractivity contribution in [1.29, 1.82) is 0 Å². The predicted octanol–water partition coefficient (Wildman–Crippen LogP) is 0.870. The molecule has 0 spiro atoms. The van der Waals surface area contributed by atoms with Crippen LogP contribution in [0.2, 0.25) is 0 Å². The highest BCUT2D eigenvalue weighted by Gasteiger charge is 2.15. The lowest BCUT2D eigenvalue weighted by molar-refractivity contribution is 0.216. The number of rotatable bonds is 6. The van der Waals surface area contributed by atoms with Gasteiger partial charge < -0.3 is 15.1 Å². The molecule has 1 aliphatic heterocycles. The van der Waals surface area contributed by atoms with Crippen molar-refractivity contribution in [2.24, 2.45) is 5.92 Å². The van der Waals surface area contributed by atoms with Crippen molar-refractivity contribution in [3.8, 4) is 0 Å². The van der Waals surface area contributed by atoms with Crippen LogP contribution in [-0.4, -0.2) is 63.7 Å². The standard InChI is InChI=1S/C12H27N3/c1-14(2)8-4-7-13-11-12-5-9-15(3)10-6-12/h12-13H,4-11H2,1-3H3. The molecule has 1 aliphatic rings. The van der Waals surface area contributed by atoms with Gasteiger partial charge in [0, 0.05) is 0 Å². The molecule has 0 amide bonds. The van der Waals surface area contributed by atoms with Gasteiger partial charge in [0.25, 0.3) is 0 Å². The molecule has 15 heavy (non-hydrogen) atoms. The number of nitrogens with zero attached hydrogens (tertiary/aromatic N) is 2. The van der Waals surface area contributed by atoms with Crippen LogP contribution in [0.15, 0.2) is 0 Å². The quantitative estimate of drug-likeness (QED) is 0.661. The molecule has 0 aromatic rings. The number of hydrogen-bond acceptors (Lipinski definition) is 3. The zero-order valence-electron chi connectivity index (χ0n) is 10.6. The van der Waals surface area contributed by atoms with E-state index >= 15 is 0 Å². The summed E-state index contributed by atoms with van der Waals surface area (Å²) in [4.78, 5) is 4.68. The third kappa shape index (κ3) is 6.13. The van der Waals surface area contributed by atoms with E-state index in [1.807, 2.05) is 0 Å². The van der Waals surface area contributed by atoms with Gasteiger partial charge in [-0.05, 0) is 79.0 Å². The van der Waals surface area contributed by atoms with Crippen molar-refractivity contribution in [2.45, 2.75) is 19.3 Å². The van der Waals surface area contributed by atoms with E-state index in [0.29, 0.717) is 0 Å². The van der Waals surface area contributed by atoms with Crippen LogP contribution in [0.3, 0.4) is 0 Å². The highest BCUT2D eigenvalue weighted by Crippen LogP contribution is 2.14. The molecule has 0 radical (unpaired) electrons. The fourth-order valence-electron chi connectivity index (χ4n) is 2.09. The Hall–Kier alpha value is -0.120. The van der Waals surface area contributed by atoms with Gasteiger partial charge in [0.15, 0.2) is 0 Å². The second-order valence-electron chi connectivity index (χ2n) is 5.11. The molecule has 0 aromatic carbocycles. The minimum absolute atomic E-state index is 0.917. The van der Waals surface area contributed by atoms with Gasteiger partial charge >= 0.3 is 0 Å². The highest BCUT2D eigenvalue weighted by molar-refractivity contribution is 4.71. The average molecular weight is 213 g/mol. The molecule has 1 N–H and O–H groups in total. The van der Waals surface area contributed by atoms with Gasteiger partial charge in [-0.2, -0.15) is 0 Å². The van der Waals surface area contributed by atoms with Crippen molar-refractivity contribution in [1.82, 2.24) is 15.1 Å². The van der Waals surface area contributed by atoms with Crippen LogP contribution in [0, 0.1) is 5.92 Å². The Balaban J connectivity index is 1.91. The molecule has 1 fully saturated rings. The third-order valence-corrected chi connectivity index (χ3v) is 3.23. The van der Waals surface area contributed by atoms with E-state index < -0.39 is 0 Å². The minimum Gasteiger partial charge on any atom is -0.316 e. The first kappa shape index (κ1) is 12.9. The summed E-state index contributed by atoms with van der Waals surface area (Å²) in [6, 6.07) is 0. The van der Waals surface area contributed by atoms with Crippen LogP contribution in [0.1, 0.15) is 19.3 Å². The maximum atomic E-state index is 3.58. The number of nitrogens with one attached hydrogen (secondary N) is 1. The number of likely N-dealkylation sites (tertiary alicyclic amines) is 1. The summed E-state index contributed by atoms with van der Waals surface area (Å²) < 4.78 is 0. The Morgan fingerprint density at radius 3 is 2.53 bits per heavy atom. The molecular formula is C12H27N3. The topological polar surface area (TPSA) is 18.5 Å². The zero-order valence-corrected chi connectivity index (χ0v) is 10.6. The Morgan fingerprint density at radius 2 is 1.93 bits per heavy atom. The maximum Gasteiger partial charge on any atom is -0.00127 e. The van der Waals surface area contributed by atoms with Gasteiger partial charge in [-0.25, -0.2) is 0 Å². The van der Waals surface area contributed by atoms with Gasteiger partial charge in [0.1, 0.15) is 0 Å². The molecular weight excluding hydrogens is 186 g/mol. The summed E-state index contributed by atoms with van der Waals surface area (Å²) in [5.41, 5.74) is 0. The van der Waals surface area contributed by atoms with Crippen molar-refractivity contribution in [3.63, 3.8) is 0 Å². The molecule has 90 valence electrons. The van der Waals surface area contributed by atoms with E-state index in [0.717, 1.165) is 5.92 Å². The predicted molar refractivity (Wildman–Crippen MR) is 66.3 cm³/mol. The Labute approximate surface area is 94.8 Å². The van der Waals surface area contributed by atoms with E-state index in [4.69, 9.17) is 0 Å². The van der Waals surface area contributed by atoms with Crippen LogP contribution in [0.5, 0.6) is 0 Å². The molecule has 3 nitrogen and oxygen atoms in total. The molecule has 0 unspecified atom stereocenters. The molecule has 1 heterocycles. The molecule has 0 bridgehead atoms. The summed E-state index contributed by atoms with van der Waals surface area (Å²) in [6.07, 6.45) is 4.01. The lowest BCUT2D eigenvalue weighted by atomic mass is 9.97. The molecule has 1 rings (SSSR count). The average Bonchev–Trinajstić information content (AvgIpc) is 2.20. The number of piperidine rings is 1. The Bertz CT molecular complexity index is 151. The van der Waals surface area contributed by atoms with Crippen molar-refractivity contribution >= 4 is 0 Å². The fourth-order valence-corrected chi connectivity index (χ4v) is 2.09. The van der Waals surface area contributed by atoms with E-state index in [1.165, 1.54) is 52.0 Å². The Morgan fingerprint density at radius 1 is 1.27 bits per heavy atom. The van der Waals surface area contributed by atoms with Gasteiger partial charge in [0.05, 0.1) is 0 Å². The molecule has 3 heteroatoms. The molecule has 1 saturated heterocycles. The van der Waals surface area contributed by atoms with Crippen LogP contribution < -0.4 is 5.32 Å². The van der Waals surface area contributed by atoms with Gasteiger partial charge in [-0.1, -0.05) is 0 Å². The van der Waals surface area contributed by atoms with Crippen molar-refractivity contribution in [3.05, 3.63) is 0 Å². The van der Waals surface area contributed by atoms with Gasteiger partial charge in [0.2, 0.25) is 0 Å². The Kier molecular flexibility index (Phi) is 6.22. The fraction of sp³-hybridized carbons (Fsp3) is 1.00. The van der Waals surface area contributed by atoms with Crippen LogP contribution in [0.25, 0.3) is 0 Å². The van der Waals surface area contributed by atoms with Crippen molar-refractivity contribution < 1.29 is 0 Å². The normalized spacial score (nSPS) is 20.0. The monoisotopic (exact) mass is 213 g/mol. The van der Waals surface area contributed by atoms with E-state index in [2.05, 4.69) is 36.3 Å². The SMILES string of the molecule is CN(C)CCCNCC1CCN(C)CC1. The summed E-state index contributed by atoms with van der Waals surface area (Å²) in [7, 11) is 6.49. The lowest BCUT2D eigenvalue weighted by Gasteiger charge is -2.29. The molecule has 0 aliphatic carbocycles. The minimum atomic E-state index is 0.917. The largest absolute Gasteiger partial charge is 0.316 e. The molecule has 0 saturated carbocycles. The van der Waals surface area contributed by atoms with E-state index in [-0.39, 0.29) is 0 Å². The molecule has 0 aromatic heterocycles.